The van der Waals surface area contributed by atoms with E-state index < -0.39 is 10.8 Å². The zero-order valence-corrected chi connectivity index (χ0v) is 10.6. The number of rotatable bonds is 7. The van der Waals surface area contributed by atoms with E-state index in [2.05, 4.69) is 0 Å². The molecule has 1 aromatic rings. The number of benzene rings is 1. The standard InChI is InChI=1S/C13H20O2S/c1-12-6-8-13(9-7-12)16(15)11-5-3-2-4-10-14/h6-9,14H,2-5,10-11H2,1H3. The summed E-state index contributed by atoms with van der Waals surface area (Å²) in [6.07, 6.45) is 3.91. The van der Waals surface area contributed by atoms with Crippen molar-refractivity contribution in [2.75, 3.05) is 12.4 Å². The van der Waals surface area contributed by atoms with Crippen LogP contribution in [0.4, 0.5) is 0 Å². The maximum Gasteiger partial charge on any atom is 0.0529 e. The summed E-state index contributed by atoms with van der Waals surface area (Å²) >= 11 is 0. The molecular weight excluding hydrogens is 220 g/mol. The monoisotopic (exact) mass is 240 g/mol. The first-order valence-corrected chi connectivity index (χ1v) is 7.12. The predicted octanol–water partition coefficient (Wildman–Crippen LogP) is 2.66. The molecule has 0 radical (unpaired) electrons. The van der Waals surface area contributed by atoms with E-state index in [1.807, 2.05) is 31.2 Å². The molecule has 1 N–H and O–H groups in total. The number of hydrogen-bond acceptors (Lipinski definition) is 2. The highest BCUT2D eigenvalue weighted by Gasteiger charge is 2.02. The van der Waals surface area contributed by atoms with Gasteiger partial charge in [-0.15, -0.1) is 0 Å². The highest BCUT2D eigenvalue weighted by Crippen LogP contribution is 2.10. The number of aliphatic hydroxyl groups excluding tert-OH is 1. The van der Waals surface area contributed by atoms with Crippen molar-refractivity contribution in [3.8, 4) is 0 Å². The van der Waals surface area contributed by atoms with Gasteiger partial charge in [0.1, 0.15) is 0 Å². The lowest BCUT2D eigenvalue weighted by atomic mass is 10.2. The Balaban J connectivity index is 2.27. The minimum atomic E-state index is -0.860. The highest BCUT2D eigenvalue weighted by atomic mass is 32.2. The summed E-state index contributed by atoms with van der Waals surface area (Å²) in [4.78, 5) is 0.924. The third kappa shape index (κ3) is 4.90. The molecule has 0 aromatic heterocycles. The Labute approximate surface area is 100 Å². The van der Waals surface area contributed by atoms with E-state index in [1.165, 1.54) is 5.56 Å². The second-order valence-electron chi connectivity index (χ2n) is 4.00. The predicted molar refractivity (Wildman–Crippen MR) is 68.0 cm³/mol. The molecule has 0 aliphatic heterocycles. The van der Waals surface area contributed by atoms with Gasteiger partial charge in [-0.1, -0.05) is 30.5 Å². The summed E-state index contributed by atoms with van der Waals surface area (Å²) in [6.45, 7) is 2.29. The second-order valence-corrected chi connectivity index (χ2v) is 5.57. The van der Waals surface area contributed by atoms with Crippen molar-refractivity contribution in [2.24, 2.45) is 0 Å². The van der Waals surface area contributed by atoms with E-state index in [1.54, 1.807) is 0 Å². The van der Waals surface area contributed by atoms with Crippen molar-refractivity contribution in [3.05, 3.63) is 29.8 Å². The van der Waals surface area contributed by atoms with Crippen LogP contribution in [0, 0.1) is 6.92 Å². The molecule has 2 nitrogen and oxygen atoms in total. The molecule has 0 spiro atoms. The molecule has 1 unspecified atom stereocenters. The maximum absolute atomic E-state index is 11.9. The number of aliphatic hydroxyl groups is 1. The van der Waals surface area contributed by atoms with E-state index in [-0.39, 0.29) is 6.61 Å². The van der Waals surface area contributed by atoms with Gasteiger partial charge in [0.15, 0.2) is 0 Å². The van der Waals surface area contributed by atoms with Gasteiger partial charge in [0.25, 0.3) is 0 Å². The van der Waals surface area contributed by atoms with Crippen molar-refractivity contribution in [2.45, 2.75) is 37.5 Å². The van der Waals surface area contributed by atoms with Crippen LogP contribution in [-0.2, 0) is 10.8 Å². The van der Waals surface area contributed by atoms with Gasteiger partial charge in [0, 0.05) is 17.3 Å². The van der Waals surface area contributed by atoms with Crippen LogP contribution in [0.5, 0.6) is 0 Å². The fraction of sp³-hybridized carbons (Fsp3) is 0.538. The van der Waals surface area contributed by atoms with Gasteiger partial charge in [0.2, 0.25) is 0 Å². The molecule has 0 saturated heterocycles. The van der Waals surface area contributed by atoms with Crippen LogP contribution in [0.25, 0.3) is 0 Å². The van der Waals surface area contributed by atoms with Crippen molar-refractivity contribution in [1.29, 1.82) is 0 Å². The van der Waals surface area contributed by atoms with Crippen molar-refractivity contribution in [1.82, 2.24) is 0 Å². The average molecular weight is 240 g/mol. The lowest BCUT2D eigenvalue weighted by molar-refractivity contribution is 0.283. The van der Waals surface area contributed by atoms with Gasteiger partial charge in [-0.25, -0.2) is 0 Å². The number of unbranched alkanes of at least 4 members (excludes halogenated alkanes) is 3. The molecular formula is C13H20O2S. The van der Waals surface area contributed by atoms with Crippen molar-refractivity contribution in [3.63, 3.8) is 0 Å². The van der Waals surface area contributed by atoms with Gasteiger partial charge in [0.05, 0.1) is 10.8 Å². The van der Waals surface area contributed by atoms with Gasteiger partial charge < -0.3 is 5.11 Å². The lowest BCUT2D eigenvalue weighted by Crippen LogP contribution is -1.98. The van der Waals surface area contributed by atoms with E-state index in [0.29, 0.717) is 0 Å². The summed E-state index contributed by atoms with van der Waals surface area (Å²) < 4.78 is 11.9. The van der Waals surface area contributed by atoms with Crippen LogP contribution in [0.15, 0.2) is 29.2 Å². The lowest BCUT2D eigenvalue weighted by Gasteiger charge is -2.02. The fourth-order valence-electron chi connectivity index (χ4n) is 1.51. The quantitative estimate of drug-likeness (QED) is 0.744. The van der Waals surface area contributed by atoms with Crippen LogP contribution in [0.1, 0.15) is 31.2 Å². The van der Waals surface area contributed by atoms with Gasteiger partial charge in [-0.3, -0.25) is 4.21 Å². The Hall–Kier alpha value is -0.670. The van der Waals surface area contributed by atoms with Crippen LogP contribution in [0.2, 0.25) is 0 Å². The van der Waals surface area contributed by atoms with E-state index in [4.69, 9.17) is 5.11 Å². The summed E-state index contributed by atoms with van der Waals surface area (Å²) in [5.74, 6) is 0.731. The Kier molecular flexibility index (Phi) is 6.34. The van der Waals surface area contributed by atoms with Crippen LogP contribution >= 0.6 is 0 Å². The van der Waals surface area contributed by atoms with E-state index in [0.717, 1.165) is 36.3 Å². The van der Waals surface area contributed by atoms with Crippen LogP contribution in [0.3, 0.4) is 0 Å². The van der Waals surface area contributed by atoms with E-state index >= 15 is 0 Å². The molecule has 0 aliphatic rings. The molecule has 0 bridgehead atoms. The van der Waals surface area contributed by atoms with Crippen molar-refractivity contribution >= 4 is 10.8 Å². The molecule has 16 heavy (non-hydrogen) atoms. The molecule has 0 heterocycles. The Bertz CT molecular complexity index is 319. The minimum absolute atomic E-state index is 0.265. The first kappa shape index (κ1) is 13.4. The number of hydrogen-bond donors (Lipinski definition) is 1. The van der Waals surface area contributed by atoms with Gasteiger partial charge in [-0.2, -0.15) is 0 Å². The third-order valence-electron chi connectivity index (χ3n) is 2.52. The number of aryl methyl sites for hydroxylation is 1. The van der Waals surface area contributed by atoms with Gasteiger partial charge in [-0.05, 0) is 31.9 Å². The molecule has 1 atom stereocenters. The topological polar surface area (TPSA) is 37.3 Å². The summed E-state index contributed by atoms with van der Waals surface area (Å²) in [6, 6.07) is 7.89. The van der Waals surface area contributed by atoms with Gasteiger partial charge >= 0.3 is 0 Å². The molecule has 3 heteroatoms. The zero-order valence-electron chi connectivity index (χ0n) is 9.82. The normalized spacial score (nSPS) is 12.6. The molecule has 1 aromatic carbocycles. The molecule has 90 valence electrons. The summed E-state index contributed by atoms with van der Waals surface area (Å²) in [7, 11) is -0.860. The summed E-state index contributed by atoms with van der Waals surface area (Å²) in [5.41, 5.74) is 1.20. The Morgan fingerprint density at radius 2 is 1.69 bits per heavy atom. The molecule has 0 fully saturated rings. The third-order valence-corrected chi connectivity index (χ3v) is 3.98. The maximum atomic E-state index is 11.9. The second kappa shape index (κ2) is 7.58. The molecule has 1 rings (SSSR count). The Morgan fingerprint density at radius 1 is 1.06 bits per heavy atom. The average Bonchev–Trinajstić information content (AvgIpc) is 2.29. The minimum Gasteiger partial charge on any atom is -0.396 e. The first-order chi connectivity index (χ1) is 7.74. The SMILES string of the molecule is Cc1ccc(S(=O)CCCCCCO)cc1. The highest BCUT2D eigenvalue weighted by molar-refractivity contribution is 7.85. The largest absolute Gasteiger partial charge is 0.396 e. The van der Waals surface area contributed by atoms with E-state index in [9.17, 15) is 4.21 Å². The first-order valence-electron chi connectivity index (χ1n) is 5.80. The van der Waals surface area contributed by atoms with Crippen LogP contribution in [-0.4, -0.2) is 21.7 Å². The smallest absolute Gasteiger partial charge is 0.0529 e. The fourth-order valence-corrected chi connectivity index (χ4v) is 2.65. The molecule has 0 aliphatic carbocycles. The van der Waals surface area contributed by atoms with Crippen molar-refractivity contribution < 1.29 is 9.32 Å². The zero-order chi connectivity index (χ0) is 11.8. The summed E-state index contributed by atoms with van der Waals surface area (Å²) in [5, 5.41) is 8.62. The Morgan fingerprint density at radius 3 is 2.31 bits per heavy atom. The molecule has 0 amide bonds. The van der Waals surface area contributed by atoms with Crippen LogP contribution < -0.4 is 0 Å². The molecule has 0 saturated carbocycles.